The molecule has 0 bridgehead atoms. The predicted molar refractivity (Wildman–Crippen MR) is 105 cm³/mol. The van der Waals surface area contributed by atoms with Gasteiger partial charge in [-0.05, 0) is 43.7 Å². The van der Waals surface area contributed by atoms with E-state index in [2.05, 4.69) is 10.1 Å². The van der Waals surface area contributed by atoms with Gasteiger partial charge in [-0.3, -0.25) is 0 Å². The van der Waals surface area contributed by atoms with Crippen LogP contribution in [0, 0.1) is 6.92 Å². The third-order valence-corrected chi connectivity index (χ3v) is 6.09. The van der Waals surface area contributed by atoms with Gasteiger partial charge in [0, 0.05) is 12.1 Å². The van der Waals surface area contributed by atoms with Gasteiger partial charge in [-0.2, -0.15) is 9.29 Å². The van der Waals surface area contributed by atoms with Crippen LogP contribution < -0.4 is 4.74 Å². The van der Waals surface area contributed by atoms with Crippen LogP contribution in [-0.4, -0.2) is 36.5 Å². The molecule has 1 heterocycles. The van der Waals surface area contributed by atoms with E-state index in [1.165, 1.54) is 23.5 Å². The summed E-state index contributed by atoms with van der Waals surface area (Å²) in [4.78, 5) is 4.57. The van der Waals surface area contributed by atoms with Gasteiger partial charge in [0.1, 0.15) is 5.75 Å². The molecule has 0 atom stereocenters. The van der Waals surface area contributed by atoms with Crippen molar-refractivity contribution in [3.8, 4) is 17.1 Å². The van der Waals surface area contributed by atoms with Crippen LogP contribution in [0.5, 0.6) is 5.75 Å². The molecule has 0 fully saturated rings. The van der Waals surface area contributed by atoms with E-state index in [0.29, 0.717) is 24.5 Å². The minimum Gasteiger partial charge on any atom is -0.497 e. The molecule has 2 aromatic carbocycles. The Hall–Kier alpha value is -2.71. The summed E-state index contributed by atoms with van der Waals surface area (Å²) in [5.41, 5.74) is 1.91. The lowest BCUT2D eigenvalue weighted by atomic mass is 10.1. The first-order chi connectivity index (χ1) is 13.4. The Morgan fingerprint density at radius 1 is 1.14 bits per heavy atom. The molecule has 0 amide bonds. The molecule has 0 aliphatic heterocycles. The van der Waals surface area contributed by atoms with Crippen LogP contribution in [0.2, 0.25) is 0 Å². The maximum Gasteiger partial charge on any atom is 0.243 e. The van der Waals surface area contributed by atoms with Crippen LogP contribution in [0.3, 0.4) is 0 Å². The van der Waals surface area contributed by atoms with E-state index in [4.69, 9.17) is 9.26 Å². The Bertz CT molecular complexity index is 1030. The lowest BCUT2D eigenvalue weighted by Crippen LogP contribution is -2.31. The van der Waals surface area contributed by atoms with E-state index in [1.54, 1.807) is 12.1 Å². The van der Waals surface area contributed by atoms with E-state index in [9.17, 15) is 8.42 Å². The van der Waals surface area contributed by atoms with Gasteiger partial charge in [0.15, 0.2) is 0 Å². The van der Waals surface area contributed by atoms with Gasteiger partial charge in [0.25, 0.3) is 0 Å². The standard InChI is InChI=1S/C20H23N3O4S/c1-4-12-23(28(24,25)18-10-8-17(26-3)9-11-18)14-19-21-20(22-27-19)16-7-5-6-15(2)13-16/h5-11,13H,4,12,14H2,1-3H3. The van der Waals surface area contributed by atoms with Crippen molar-refractivity contribution in [2.75, 3.05) is 13.7 Å². The fourth-order valence-corrected chi connectivity index (χ4v) is 4.28. The van der Waals surface area contributed by atoms with Crippen molar-refractivity contribution >= 4 is 10.0 Å². The van der Waals surface area contributed by atoms with Crippen LogP contribution in [0.1, 0.15) is 24.8 Å². The first-order valence-corrected chi connectivity index (χ1v) is 10.4. The van der Waals surface area contributed by atoms with Gasteiger partial charge in [-0.15, -0.1) is 0 Å². The molecular weight excluding hydrogens is 378 g/mol. The maximum absolute atomic E-state index is 13.0. The number of aryl methyl sites for hydroxylation is 1. The molecule has 0 spiro atoms. The van der Waals surface area contributed by atoms with E-state index in [-0.39, 0.29) is 17.3 Å². The molecule has 0 saturated heterocycles. The first-order valence-electron chi connectivity index (χ1n) is 8.98. The maximum atomic E-state index is 13.0. The zero-order chi connectivity index (χ0) is 20.1. The van der Waals surface area contributed by atoms with Crippen molar-refractivity contribution in [1.29, 1.82) is 0 Å². The summed E-state index contributed by atoms with van der Waals surface area (Å²) in [6.45, 7) is 4.26. The Kier molecular flexibility index (Phi) is 6.11. The SMILES string of the molecule is CCCN(Cc1nc(-c2cccc(C)c2)no1)S(=O)(=O)c1ccc(OC)cc1. The number of rotatable bonds is 8. The molecule has 28 heavy (non-hydrogen) atoms. The third-order valence-electron chi connectivity index (χ3n) is 4.23. The number of nitrogens with zero attached hydrogens (tertiary/aromatic N) is 3. The van der Waals surface area contributed by atoms with Gasteiger partial charge < -0.3 is 9.26 Å². The van der Waals surface area contributed by atoms with Gasteiger partial charge in [-0.1, -0.05) is 35.8 Å². The molecule has 0 aliphatic rings. The third kappa shape index (κ3) is 4.40. The highest BCUT2D eigenvalue weighted by molar-refractivity contribution is 7.89. The fraction of sp³-hybridized carbons (Fsp3) is 0.300. The second kappa shape index (κ2) is 8.53. The monoisotopic (exact) mass is 401 g/mol. The molecule has 3 aromatic rings. The van der Waals surface area contributed by atoms with Crippen molar-refractivity contribution in [1.82, 2.24) is 14.4 Å². The summed E-state index contributed by atoms with van der Waals surface area (Å²) < 4.78 is 37.8. The predicted octanol–water partition coefficient (Wildman–Crippen LogP) is 3.65. The first kappa shape index (κ1) is 20.0. The van der Waals surface area contributed by atoms with E-state index in [0.717, 1.165) is 11.1 Å². The number of methoxy groups -OCH3 is 1. The van der Waals surface area contributed by atoms with Crippen molar-refractivity contribution in [2.45, 2.75) is 31.7 Å². The zero-order valence-corrected chi connectivity index (χ0v) is 16.9. The summed E-state index contributed by atoms with van der Waals surface area (Å²) in [6, 6.07) is 14.0. The zero-order valence-electron chi connectivity index (χ0n) is 16.1. The number of sulfonamides is 1. The van der Waals surface area contributed by atoms with Crippen molar-refractivity contribution < 1.29 is 17.7 Å². The van der Waals surface area contributed by atoms with Crippen molar-refractivity contribution in [3.63, 3.8) is 0 Å². The molecule has 0 radical (unpaired) electrons. The summed E-state index contributed by atoms with van der Waals surface area (Å²) in [5.74, 6) is 1.29. The van der Waals surface area contributed by atoms with E-state index >= 15 is 0 Å². The van der Waals surface area contributed by atoms with Crippen LogP contribution in [0.4, 0.5) is 0 Å². The Morgan fingerprint density at radius 2 is 1.89 bits per heavy atom. The largest absolute Gasteiger partial charge is 0.497 e. The average molecular weight is 401 g/mol. The Labute approximate surface area is 165 Å². The van der Waals surface area contributed by atoms with Crippen LogP contribution >= 0.6 is 0 Å². The van der Waals surface area contributed by atoms with Gasteiger partial charge in [0.05, 0.1) is 18.6 Å². The van der Waals surface area contributed by atoms with Gasteiger partial charge in [0.2, 0.25) is 21.7 Å². The van der Waals surface area contributed by atoms with Crippen molar-refractivity contribution in [3.05, 3.63) is 60.0 Å². The summed E-state index contributed by atoms with van der Waals surface area (Å²) >= 11 is 0. The molecule has 3 rings (SSSR count). The molecule has 0 aliphatic carbocycles. The number of hydrogen-bond donors (Lipinski definition) is 0. The summed E-state index contributed by atoms with van der Waals surface area (Å²) in [5, 5.41) is 3.99. The molecule has 1 aromatic heterocycles. The second-order valence-electron chi connectivity index (χ2n) is 6.40. The Morgan fingerprint density at radius 3 is 2.54 bits per heavy atom. The minimum absolute atomic E-state index is 0.0149. The average Bonchev–Trinajstić information content (AvgIpc) is 3.16. The molecule has 0 N–H and O–H groups in total. The smallest absolute Gasteiger partial charge is 0.243 e. The molecule has 0 saturated carbocycles. The van der Waals surface area contributed by atoms with Gasteiger partial charge in [-0.25, -0.2) is 8.42 Å². The van der Waals surface area contributed by atoms with Crippen LogP contribution in [0.15, 0.2) is 57.9 Å². The highest BCUT2D eigenvalue weighted by atomic mass is 32.2. The molecule has 8 heteroatoms. The molecule has 0 unspecified atom stereocenters. The lowest BCUT2D eigenvalue weighted by molar-refractivity contribution is 0.315. The Balaban J connectivity index is 1.84. The number of hydrogen-bond acceptors (Lipinski definition) is 6. The molecular formula is C20H23N3O4S. The topological polar surface area (TPSA) is 85.5 Å². The second-order valence-corrected chi connectivity index (χ2v) is 8.33. The normalized spacial score (nSPS) is 11.7. The number of aromatic nitrogens is 2. The van der Waals surface area contributed by atoms with Crippen molar-refractivity contribution in [2.24, 2.45) is 0 Å². The minimum atomic E-state index is -3.70. The van der Waals surface area contributed by atoms with E-state index < -0.39 is 10.0 Å². The van der Waals surface area contributed by atoms with E-state index in [1.807, 2.05) is 38.1 Å². The van der Waals surface area contributed by atoms with Gasteiger partial charge >= 0.3 is 0 Å². The number of ether oxygens (including phenoxy) is 1. The highest BCUT2D eigenvalue weighted by Gasteiger charge is 2.26. The quantitative estimate of drug-likeness (QED) is 0.573. The lowest BCUT2D eigenvalue weighted by Gasteiger charge is -2.20. The van der Waals surface area contributed by atoms with Crippen LogP contribution in [0.25, 0.3) is 11.4 Å². The fourth-order valence-electron chi connectivity index (χ4n) is 2.80. The summed E-state index contributed by atoms with van der Waals surface area (Å²) in [7, 11) is -2.16. The summed E-state index contributed by atoms with van der Waals surface area (Å²) in [6.07, 6.45) is 0.661. The molecule has 7 nitrogen and oxygen atoms in total. The highest BCUT2D eigenvalue weighted by Crippen LogP contribution is 2.22. The van der Waals surface area contributed by atoms with Crippen LogP contribution in [-0.2, 0) is 16.6 Å². The molecule has 148 valence electrons. The number of benzene rings is 2.